The molecule has 2 aromatic rings. The summed E-state index contributed by atoms with van der Waals surface area (Å²) in [5.41, 5.74) is 2.29. The van der Waals surface area contributed by atoms with Crippen molar-refractivity contribution in [2.24, 2.45) is 11.8 Å². The Morgan fingerprint density at radius 2 is 1.61 bits per heavy atom. The number of benzene rings is 2. The first-order chi connectivity index (χ1) is 15.0. The first-order valence-corrected chi connectivity index (χ1v) is 11.2. The number of hydrogen-bond acceptors (Lipinski definition) is 4. The van der Waals surface area contributed by atoms with E-state index in [-0.39, 0.29) is 17.9 Å². The fourth-order valence-corrected chi connectivity index (χ4v) is 3.58. The highest BCUT2D eigenvalue weighted by atomic mass is 16.5. The molecule has 2 rings (SSSR count). The molecule has 0 aliphatic rings. The minimum absolute atomic E-state index is 0.0106. The molecule has 0 aromatic heterocycles. The Labute approximate surface area is 187 Å². The molecule has 0 aliphatic carbocycles. The summed E-state index contributed by atoms with van der Waals surface area (Å²) in [6.07, 6.45) is 4.13. The van der Waals surface area contributed by atoms with E-state index in [1.807, 2.05) is 49.4 Å². The van der Waals surface area contributed by atoms with Crippen LogP contribution in [0.15, 0.2) is 67.3 Å². The van der Waals surface area contributed by atoms with Gasteiger partial charge in [-0.3, -0.25) is 0 Å². The predicted octanol–water partition coefficient (Wildman–Crippen LogP) is 5.79. The van der Waals surface area contributed by atoms with Crippen molar-refractivity contribution in [2.75, 3.05) is 13.7 Å². The van der Waals surface area contributed by atoms with Crippen LogP contribution in [0.25, 0.3) is 0 Å². The first-order valence-electron chi connectivity index (χ1n) is 11.2. The zero-order chi connectivity index (χ0) is 22.5. The van der Waals surface area contributed by atoms with Gasteiger partial charge in [0.25, 0.3) is 0 Å². The molecule has 31 heavy (non-hydrogen) atoms. The van der Waals surface area contributed by atoms with Crippen LogP contribution in [0.1, 0.15) is 44.2 Å². The fraction of sp³-hybridized carbons (Fsp3) is 0.481. The van der Waals surface area contributed by atoms with Crippen molar-refractivity contribution in [1.29, 1.82) is 0 Å². The summed E-state index contributed by atoms with van der Waals surface area (Å²) in [5.74, 6) is 0.868. The lowest BCUT2D eigenvalue weighted by Crippen LogP contribution is -2.35. The van der Waals surface area contributed by atoms with Gasteiger partial charge in [-0.1, -0.05) is 62.4 Å². The molecule has 1 N–H and O–H groups in total. The van der Waals surface area contributed by atoms with Crippen molar-refractivity contribution in [3.8, 4) is 5.75 Å². The zero-order valence-electron chi connectivity index (χ0n) is 19.2. The van der Waals surface area contributed by atoms with Gasteiger partial charge in [-0.15, -0.1) is 6.58 Å². The minimum atomic E-state index is -0.479. The van der Waals surface area contributed by atoms with Gasteiger partial charge in [-0.25, -0.2) is 0 Å². The van der Waals surface area contributed by atoms with E-state index in [1.54, 1.807) is 13.2 Å². The number of ether oxygens (including phenoxy) is 3. The van der Waals surface area contributed by atoms with E-state index >= 15 is 0 Å². The van der Waals surface area contributed by atoms with E-state index < -0.39 is 6.10 Å². The molecule has 0 saturated heterocycles. The normalized spacial score (nSPS) is 15.1. The Bertz CT molecular complexity index is 729. The van der Waals surface area contributed by atoms with Crippen LogP contribution in [0.5, 0.6) is 5.75 Å². The summed E-state index contributed by atoms with van der Waals surface area (Å²) >= 11 is 0. The molecular formula is C27H38O4. The first kappa shape index (κ1) is 25.1. The van der Waals surface area contributed by atoms with Crippen LogP contribution in [-0.2, 0) is 22.7 Å². The molecule has 0 bridgehead atoms. The van der Waals surface area contributed by atoms with Crippen LogP contribution in [0.2, 0.25) is 0 Å². The van der Waals surface area contributed by atoms with E-state index in [1.165, 1.54) is 5.56 Å². The fourth-order valence-electron chi connectivity index (χ4n) is 3.58. The Morgan fingerprint density at radius 3 is 2.26 bits per heavy atom. The summed E-state index contributed by atoms with van der Waals surface area (Å²) in [6.45, 7) is 9.76. The van der Waals surface area contributed by atoms with Crippen molar-refractivity contribution in [3.63, 3.8) is 0 Å². The number of aliphatic hydroxyl groups is 1. The van der Waals surface area contributed by atoms with E-state index in [2.05, 4.69) is 25.6 Å². The molecule has 0 saturated carbocycles. The second-order valence-electron chi connectivity index (χ2n) is 8.18. The highest BCUT2D eigenvalue weighted by Crippen LogP contribution is 2.24. The largest absolute Gasteiger partial charge is 0.497 e. The maximum atomic E-state index is 10.7. The molecule has 0 spiro atoms. The molecular weight excluding hydrogens is 388 g/mol. The summed E-state index contributed by atoms with van der Waals surface area (Å²) in [5, 5.41) is 10.7. The van der Waals surface area contributed by atoms with Gasteiger partial charge >= 0.3 is 0 Å². The molecule has 0 heterocycles. The third-order valence-corrected chi connectivity index (χ3v) is 5.80. The molecule has 2 aromatic carbocycles. The standard InChI is InChI=1S/C27H38O4/c1-5-21(2)27(28)22(3)26(31-20-24-14-16-25(29-4)17-15-24)13-9-10-18-30-19-23-11-7-6-8-12-23/h5-8,11-12,14-17,21-22,26-28H,1,9-10,13,18-20H2,2-4H3/t21-,22+,26+,27+/m0/s1. The number of aliphatic hydroxyl groups excluding tert-OH is 1. The Balaban J connectivity index is 1.83. The third-order valence-electron chi connectivity index (χ3n) is 5.80. The molecule has 170 valence electrons. The summed E-state index contributed by atoms with van der Waals surface area (Å²) in [6, 6.07) is 18.1. The number of methoxy groups -OCH3 is 1. The van der Waals surface area contributed by atoms with Gasteiger partial charge < -0.3 is 19.3 Å². The highest BCUT2D eigenvalue weighted by molar-refractivity contribution is 5.26. The van der Waals surface area contributed by atoms with E-state index in [0.717, 1.165) is 37.2 Å². The number of unbranched alkanes of at least 4 members (excludes halogenated alkanes) is 1. The van der Waals surface area contributed by atoms with Crippen LogP contribution in [0.4, 0.5) is 0 Å². The average Bonchev–Trinajstić information content (AvgIpc) is 2.82. The molecule has 4 nitrogen and oxygen atoms in total. The smallest absolute Gasteiger partial charge is 0.118 e. The van der Waals surface area contributed by atoms with Gasteiger partial charge in [0.2, 0.25) is 0 Å². The maximum Gasteiger partial charge on any atom is 0.118 e. The maximum absolute atomic E-state index is 10.7. The van der Waals surface area contributed by atoms with Crippen LogP contribution in [0.3, 0.4) is 0 Å². The Kier molecular flexibility index (Phi) is 11.4. The molecule has 0 aliphatic heterocycles. The molecule has 0 amide bonds. The lowest BCUT2D eigenvalue weighted by molar-refractivity contribution is -0.0527. The van der Waals surface area contributed by atoms with Crippen molar-refractivity contribution < 1.29 is 19.3 Å². The monoisotopic (exact) mass is 426 g/mol. The van der Waals surface area contributed by atoms with Crippen molar-refractivity contribution >= 4 is 0 Å². The molecule has 0 radical (unpaired) electrons. The van der Waals surface area contributed by atoms with Crippen LogP contribution in [-0.4, -0.2) is 31.0 Å². The minimum Gasteiger partial charge on any atom is -0.497 e. The van der Waals surface area contributed by atoms with Crippen LogP contribution in [0, 0.1) is 11.8 Å². The van der Waals surface area contributed by atoms with Crippen LogP contribution >= 0.6 is 0 Å². The third kappa shape index (κ3) is 8.86. The van der Waals surface area contributed by atoms with Gasteiger partial charge in [0.1, 0.15) is 5.75 Å². The van der Waals surface area contributed by atoms with Gasteiger partial charge in [0.15, 0.2) is 0 Å². The van der Waals surface area contributed by atoms with E-state index in [9.17, 15) is 5.11 Å². The molecule has 0 unspecified atom stereocenters. The van der Waals surface area contributed by atoms with E-state index in [0.29, 0.717) is 13.2 Å². The number of rotatable bonds is 15. The summed E-state index contributed by atoms with van der Waals surface area (Å²) in [4.78, 5) is 0. The van der Waals surface area contributed by atoms with Gasteiger partial charge in [0, 0.05) is 18.4 Å². The van der Waals surface area contributed by atoms with Crippen molar-refractivity contribution in [2.45, 2.75) is 58.5 Å². The predicted molar refractivity (Wildman–Crippen MR) is 126 cm³/mol. The summed E-state index contributed by atoms with van der Waals surface area (Å²) < 4.78 is 17.3. The van der Waals surface area contributed by atoms with Crippen molar-refractivity contribution in [3.05, 3.63) is 78.4 Å². The second kappa shape index (κ2) is 14.0. The van der Waals surface area contributed by atoms with Gasteiger partial charge in [0.05, 0.1) is 32.5 Å². The summed E-state index contributed by atoms with van der Waals surface area (Å²) in [7, 11) is 1.66. The topological polar surface area (TPSA) is 47.9 Å². The highest BCUT2D eigenvalue weighted by Gasteiger charge is 2.27. The molecule has 4 heteroatoms. The molecule has 0 fully saturated rings. The lowest BCUT2D eigenvalue weighted by atomic mass is 9.87. The average molecular weight is 427 g/mol. The van der Waals surface area contributed by atoms with Gasteiger partial charge in [-0.2, -0.15) is 0 Å². The van der Waals surface area contributed by atoms with Gasteiger partial charge in [-0.05, 0) is 42.5 Å². The van der Waals surface area contributed by atoms with Crippen LogP contribution < -0.4 is 4.74 Å². The quantitative estimate of drug-likeness (QED) is 0.289. The Morgan fingerprint density at radius 1 is 0.935 bits per heavy atom. The Hall–Kier alpha value is -2.14. The van der Waals surface area contributed by atoms with E-state index in [4.69, 9.17) is 14.2 Å². The second-order valence-corrected chi connectivity index (χ2v) is 8.18. The molecule has 4 atom stereocenters. The van der Waals surface area contributed by atoms with Crippen molar-refractivity contribution in [1.82, 2.24) is 0 Å². The zero-order valence-corrected chi connectivity index (χ0v) is 19.2. The SMILES string of the molecule is C=C[C@H](C)[C@@H](O)[C@H](C)[C@@H](CCCCOCc1ccccc1)OCc1ccc(OC)cc1. The lowest BCUT2D eigenvalue weighted by Gasteiger charge is -2.30. The number of hydrogen-bond donors (Lipinski definition) is 1.